The number of hydrogen-bond donors (Lipinski definition) is 0. The molecule has 0 spiro atoms. The minimum Gasteiger partial charge on any atom is -0.256 e. The topological polar surface area (TPSA) is 12.9 Å². The fourth-order valence-electron chi connectivity index (χ4n) is 1.61. The fraction of sp³-hybridized carbons (Fsp3) is 0.0714. The minimum absolute atomic E-state index is 0.826. The van der Waals surface area contributed by atoms with Gasteiger partial charge in [-0.25, -0.2) is 0 Å². The van der Waals surface area contributed by atoms with Gasteiger partial charge in [0, 0.05) is 16.8 Å². The molecule has 0 aliphatic heterocycles. The second-order valence-electron chi connectivity index (χ2n) is 3.40. The zero-order chi connectivity index (χ0) is 10.7. The van der Waals surface area contributed by atoms with Gasteiger partial charge in [-0.2, -0.15) is 0 Å². The van der Waals surface area contributed by atoms with E-state index in [9.17, 15) is 0 Å². The molecule has 1 heteroatoms. The molecule has 74 valence electrons. The number of allylic oxidation sites excluding steroid dienone is 2. The van der Waals surface area contributed by atoms with Gasteiger partial charge in [-0.3, -0.25) is 4.98 Å². The molecule has 0 aliphatic rings. The molecule has 1 heterocycles. The van der Waals surface area contributed by atoms with Crippen molar-refractivity contribution < 1.29 is 0 Å². The Bertz CT molecular complexity index is 609. The van der Waals surface area contributed by atoms with E-state index in [2.05, 4.69) is 29.8 Å². The van der Waals surface area contributed by atoms with Gasteiger partial charge in [0.05, 0.1) is 5.35 Å². The third-order valence-electron chi connectivity index (χ3n) is 2.38. The molecule has 2 aromatic rings. The van der Waals surface area contributed by atoms with Gasteiger partial charge in [0.1, 0.15) is 0 Å². The number of hydrogen-bond acceptors (Lipinski definition) is 1. The van der Waals surface area contributed by atoms with E-state index in [4.69, 9.17) is 0 Å². The summed E-state index contributed by atoms with van der Waals surface area (Å²) in [6.45, 7) is 5.95. The van der Waals surface area contributed by atoms with Crippen LogP contribution in [-0.2, 0) is 0 Å². The summed E-state index contributed by atoms with van der Waals surface area (Å²) in [5.41, 5.74) is 0. The molecule has 0 amide bonds. The zero-order valence-electron chi connectivity index (χ0n) is 8.77. The molecular weight excluding hydrogens is 182 g/mol. The summed E-state index contributed by atoms with van der Waals surface area (Å²) < 4.78 is 0. The maximum absolute atomic E-state index is 4.28. The van der Waals surface area contributed by atoms with Crippen LogP contribution in [-0.4, -0.2) is 4.98 Å². The average molecular weight is 195 g/mol. The van der Waals surface area contributed by atoms with Crippen molar-refractivity contribution in [1.82, 2.24) is 4.98 Å². The molecule has 0 unspecified atom stereocenters. The maximum Gasteiger partial charge on any atom is 0.0636 e. The Morgan fingerprint density at radius 2 is 2.07 bits per heavy atom. The molecule has 1 aromatic carbocycles. The molecule has 0 aliphatic carbocycles. The summed E-state index contributed by atoms with van der Waals surface area (Å²) in [6, 6.07) is 8.22. The third-order valence-corrected chi connectivity index (χ3v) is 2.38. The molecule has 15 heavy (non-hydrogen) atoms. The SMILES string of the molecule is C=c1ncc2ccccc2/c1=C/C=C\C. The van der Waals surface area contributed by atoms with Crippen molar-refractivity contribution in [3.8, 4) is 0 Å². The van der Waals surface area contributed by atoms with Crippen LogP contribution >= 0.6 is 0 Å². The minimum atomic E-state index is 0.826. The van der Waals surface area contributed by atoms with Crippen LogP contribution in [0.1, 0.15) is 6.92 Å². The molecule has 2 rings (SSSR count). The highest BCUT2D eigenvalue weighted by Gasteiger charge is 1.93. The average Bonchev–Trinajstić information content (AvgIpc) is 2.28. The van der Waals surface area contributed by atoms with Crippen LogP contribution in [0.4, 0.5) is 0 Å². The van der Waals surface area contributed by atoms with Crippen LogP contribution in [0.2, 0.25) is 0 Å². The van der Waals surface area contributed by atoms with E-state index in [-0.39, 0.29) is 0 Å². The fourth-order valence-corrected chi connectivity index (χ4v) is 1.61. The first-order valence-corrected chi connectivity index (χ1v) is 4.98. The summed E-state index contributed by atoms with van der Waals surface area (Å²) in [5, 5.41) is 4.29. The van der Waals surface area contributed by atoms with Gasteiger partial charge in [-0.1, -0.05) is 49.1 Å². The van der Waals surface area contributed by atoms with E-state index in [1.54, 1.807) is 0 Å². The van der Waals surface area contributed by atoms with Crippen molar-refractivity contribution in [2.45, 2.75) is 6.92 Å². The first-order chi connectivity index (χ1) is 7.33. The zero-order valence-corrected chi connectivity index (χ0v) is 8.77. The summed E-state index contributed by atoms with van der Waals surface area (Å²) in [5.74, 6) is 0. The smallest absolute Gasteiger partial charge is 0.0636 e. The second kappa shape index (κ2) is 4.09. The van der Waals surface area contributed by atoms with Crippen LogP contribution < -0.4 is 10.6 Å². The van der Waals surface area contributed by atoms with Crippen LogP contribution in [0.3, 0.4) is 0 Å². The first-order valence-electron chi connectivity index (χ1n) is 4.98. The van der Waals surface area contributed by atoms with E-state index < -0.39 is 0 Å². The second-order valence-corrected chi connectivity index (χ2v) is 3.40. The van der Waals surface area contributed by atoms with Crippen LogP contribution in [0.25, 0.3) is 23.4 Å². The first kappa shape index (κ1) is 9.66. The predicted molar refractivity (Wildman–Crippen MR) is 65.8 cm³/mol. The Hall–Kier alpha value is -1.89. The Morgan fingerprint density at radius 3 is 2.87 bits per heavy atom. The molecule has 0 saturated heterocycles. The Morgan fingerprint density at radius 1 is 1.27 bits per heavy atom. The maximum atomic E-state index is 4.28. The van der Waals surface area contributed by atoms with E-state index in [0.29, 0.717) is 0 Å². The molecular formula is C14H13N. The van der Waals surface area contributed by atoms with E-state index in [0.717, 1.165) is 16.0 Å². The monoisotopic (exact) mass is 195 g/mol. The molecule has 0 radical (unpaired) electrons. The molecule has 0 atom stereocenters. The summed E-state index contributed by atoms with van der Waals surface area (Å²) in [7, 11) is 0. The van der Waals surface area contributed by atoms with Crippen LogP contribution in [0.5, 0.6) is 0 Å². The molecule has 0 saturated carbocycles. The van der Waals surface area contributed by atoms with Crippen molar-refractivity contribution in [1.29, 1.82) is 0 Å². The molecule has 0 N–H and O–H groups in total. The van der Waals surface area contributed by atoms with Gasteiger partial charge in [-0.15, -0.1) is 0 Å². The largest absolute Gasteiger partial charge is 0.256 e. The van der Waals surface area contributed by atoms with Crippen molar-refractivity contribution in [3.05, 3.63) is 53.2 Å². The van der Waals surface area contributed by atoms with Crippen LogP contribution in [0.15, 0.2) is 42.6 Å². The summed E-state index contributed by atoms with van der Waals surface area (Å²) in [4.78, 5) is 4.28. The molecule has 1 aromatic heterocycles. The Labute approximate surface area is 89.1 Å². The number of benzene rings is 1. The van der Waals surface area contributed by atoms with Gasteiger partial charge in [0.2, 0.25) is 0 Å². The van der Waals surface area contributed by atoms with Gasteiger partial charge in [0.25, 0.3) is 0 Å². The van der Waals surface area contributed by atoms with Gasteiger partial charge in [0.15, 0.2) is 0 Å². The number of pyridine rings is 1. The number of rotatable bonds is 1. The molecule has 1 nitrogen and oxygen atoms in total. The van der Waals surface area contributed by atoms with Crippen molar-refractivity contribution in [2.75, 3.05) is 0 Å². The number of nitrogens with zero attached hydrogens (tertiary/aromatic N) is 1. The highest BCUT2D eigenvalue weighted by Crippen LogP contribution is 2.04. The summed E-state index contributed by atoms with van der Waals surface area (Å²) >= 11 is 0. The Kier molecular flexibility index (Phi) is 2.64. The molecule has 0 fully saturated rings. The predicted octanol–water partition coefficient (Wildman–Crippen LogP) is 2.00. The molecule has 0 bridgehead atoms. The Balaban J connectivity index is 2.92. The normalized spacial score (nSPS) is 12.7. The van der Waals surface area contributed by atoms with Gasteiger partial charge in [-0.05, 0) is 12.3 Å². The lowest BCUT2D eigenvalue weighted by Crippen LogP contribution is -2.26. The van der Waals surface area contributed by atoms with Gasteiger partial charge >= 0.3 is 0 Å². The standard InChI is InChI=1S/C14H13N/c1-3-4-8-13-11(2)15-10-12-7-5-6-9-14(12)13/h3-10H,2H2,1H3/b4-3-,13-8+. The van der Waals surface area contributed by atoms with E-state index in [1.165, 1.54) is 5.39 Å². The van der Waals surface area contributed by atoms with E-state index >= 15 is 0 Å². The number of aromatic nitrogens is 1. The van der Waals surface area contributed by atoms with Crippen molar-refractivity contribution in [2.24, 2.45) is 0 Å². The van der Waals surface area contributed by atoms with Crippen molar-refractivity contribution >= 4 is 23.4 Å². The summed E-state index contributed by atoms with van der Waals surface area (Å²) in [6.07, 6.45) is 7.93. The van der Waals surface area contributed by atoms with E-state index in [1.807, 2.05) is 37.4 Å². The third kappa shape index (κ3) is 1.82. The quantitative estimate of drug-likeness (QED) is 0.678. The lowest BCUT2D eigenvalue weighted by molar-refractivity contribution is 1.26. The van der Waals surface area contributed by atoms with Crippen LogP contribution in [0, 0.1) is 0 Å². The highest BCUT2D eigenvalue weighted by molar-refractivity contribution is 5.83. The highest BCUT2D eigenvalue weighted by atomic mass is 14.6. The number of fused-ring (bicyclic) bond motifs is 1. The lowest BCUT2D eigenvalue weighted by atomic mass is 10.1. The lowest BCUT2D eigenvalue weighted by Gasteiger charge is -1.97. The van der Waals surface area contributed by atoms with Gasteiger partial charge < -0.3 is 0 Å². The van der Waals surface area contributed by atoms with Crippen molar-refractivity contribution in [3.63, 3.8) is 0 Å².